The van der Waals surface area contributed by atoms with Crippen LogP contribution in [0.3, 0.4) is 0 Å². The van der Waals surface area contributed by atoms with Gasteiger partial charge >= 0.3 is 5.97 Å². The molecule has 3 N–H and O–H groups in total. The minimum absolute atomic E-state index is 0.0158. The molecular weight excluding hydrogens is 899 g/mol. The van der Waals surface area contributed by atoms with Crippen LogP contribution in [-0.2, 0) is 14.3 Å². The molecule has 0 aromatic heterocycles. The van der Waals surface area contributed by atoms with E-state index in [0.717, 1.165) is 38.5 Å². The molecule has 2 unspecified atom stereocenters. The van der Waals surface area contributed by atoms with Crippen molar-refractivity contribution in [3.8, 4) is 0 Å². The normalized spacial score (nSPS) is 12.5. The highest BCUT2D eigenvalue weighted by molar-refractivity contribution is 5.76. The highest BCUT2D eigenvalue weighted by Gasteiger charge is 2.20. The number of aliphatic hydroxyl groups excluding tert-OH is 2. The van der Waals surface area contributed by atoms with Crippen LogP contribution in [0.15, 0.2) is 12.2 Å². The Kier molecular flexibility index (Phi) is 61.9. The van der Waals surface area contributed by atoms with Crippen molar-refractivity contribution in [3.05, 3.63) is 12.2 Å². The predicted octanol–water partition coefficient (Wildman–Crippen LogP) is 21.2. The van der Waals surface area contributed by atoms with Crippen LogP contribution < -0.4 is 5.32 Å². The Morgan fingerprint density at radius 1 is 0.370 bits per heavy atom. The van der Waals surface area contributed by atoms with Crippen LogP contribution in [0, 0.1) is 0 Å². The van der Waals surface area contributed by atoms with Gasteiger partial charge in [-0.05, 0) is 51.4 Å². The molecule has 0 radical (unpaired) electrons. The first-order chi connectivity index (χ1) is 36.0. The van der Waals surface area contributed by atoms with Gasteiger partial charge in [-0.2, -0.15) is 0 Å². The lowest BCUT2D eigenvalue weighted by Gasteiger charge is -2.22. The van der Waals surface area contributed by atoms with Gasteiger partial charge in [0, 0.05) is 12.8 Å². The minimum atomic E-state index is -0.665. The minimum Gasteiger partial charge on any atom is -0.466 e. The molecule has 0 aliphatic rings. The third-order valence-electron chi connectivity index (χ3n) is 15.8. The molecule has 0 aliphatic carbocycles. The number of allylic oxidation sites excluding steroid dienone is 2. The maximum absolute atomic E-state index is 12.5. The first-order valence-electron chi connectivity index (χ1n) is 33.4. The van der Waals surface area contributed by atoms with Gasteiger partial charge in [0.05, 0.1) is 25.4 Å². The van der Waals surface area contributed by atoms with Crippen LogP contribution in [0.2, 0.25) is 0 Å². The molecule has 6 heteroatoms. The third kappa shape index (κ3) is 59.7. The highest BCUT2D eigenvalue weighted by atomic mass is 16.5. The maximum atomic E-state index is 12.5. The number of nitrogens with one attached hydrogen (secondary N) is 1. The van der Waals surface area contributed by atoms with Crippen molar-refractivity contribution in [3.63, 3.8) is 0 Å². The molecular formula is C67H131NO5. The molecule has 0 bridgehead atoms. The molecule has 0 heterocycles. The molecule has 2 atom stereocenters. The molecule has 0 aromatic carbocycles. The Labute approximate surface area is 457 Å². The number of rotatable bonds is 63. The number of ether oxygens (including phenoxy) is 1. The second kappa shape index (κ2) is 63.1. The van der Waals surface area contributed by atoms with E-state index in [4.69, 9.17) is 4.74 Å². The Balaban J connectivity index is 3.38. The lowest BCUT2D eigenvalue weighted by Crippen LogP contribution is -2.45. The monoisotopic (exact) mass is 1030 g/mol. The summed E-state index contributed by atoms with van der Waals surface area (Å²) in [5, 5.41) is 23.4. The van der Waals surface area contributed by atoms with E-state index in [9.17, 15) is 19.8 Å². The molecule has 0 fully saturated rings. The molecule has 0 saturated carbocycles. The fourth-order valence-electron chi connectivity index (χ4n) is 10.7. The Bertz CT molecular complexity index is 1100. The topological polar surface area (TPSA) is 95.9 Å². The number of carbonyl (C=O) groups is 2. The molecule has 0 saturated heterocycles. The number of carbonyl (C=O) groups excluding carboxylic acids is 2. The standard InChI is InChI=1S/C67H131NO5/c1-3-5-7-9-11-13-15-17-18-19-30-33-36-39-43-47-51-55-59-65(70)64(63-69)68-66(71)60-56-52-48-44-40-37-34-31-28-26-24-22-20-21-23-25-27-29-32-35-38-42-46-50-54-58-62-73-67(72)61-57-53-49-45-41-16-14-12-10-8-6-4-2/h20,22,64-65,69-70H,3-19,21,23-63H2,1-2H3,(H,68,71)/b22-20-. The number of esters is 1. The number of hydrogen-bond acceptors (Lipinski definition) is 5. The molecule has 1 amide bonds. The summed E-state index contributed by atoms with van der Waals surface area (Å²) < 4.78 is 5.48. The summed E-state index contributed by atoms with van der Waals surface area (Å²) in [6.07, 6.45) is 76.7. The zero-order chi connectivity index (χ0) is 52.9. The predicted molar refractivity (Wildman–Crippen MR) is 320 cm³/mol. The first kappa shape index (κ1) is 71.6. The summed E-state index contributed by atoms with van der Waals surface area (Å²) in [5.74, 6) is -0.0171. The smallest absolute Gasteiger partial charge is 0.305 e. The summed E-state index contributed by atoms with van der Waals surface area (Å²) in [4.78, 5) is 24.5. The lowest BCUT2D eigenvalue weighted by molar-refractivity contribution is -0.143. The number of aliphatic hydroxyl groups is 2. The van der Waals surface area contributed by atoms with Crippen LogP contribution in [0.25, 0.3) is 0 Å². The SMILES string of the molecule is CCCCCCCCCCCCCCCCCCCCC(O)C(CO)NC(=O)CCCCCCCCCCCC/C=C\CCCCCCCCCCCCCCOC(=O)CCCCCCCCCCCCCC. The van der Waals surface area contributed by atoms with Gasteiger partial charge in [0.2, 0.25) is 5.91 Å². The van der Waals surface area contributed by atoms with Gasteiger partial charge in [0.25, 0.3) is 0 Å². The van der Waals surface area contributed by atoms with Crippen LogP contribution >= 0.6 is 0 Å². The van der Waals surface area contributed by atoms with Crippen molar-refractivity contribution in [2.75, 3.05) is 13.2 Å². The second-order valence-corrected chi connectivity index (χ2v) is 23.2. The highest BCUT2D eigenvalue weighted by Crippen LogP contribution is 2.19. The second-order valence-electron chi connectivity index (χ2n) is 23.2. The van der Waals surface area contributed by atoms with Gasteiger partial charge in [0.1, 0.15) is 0 Å². The van der Waals surface area contributed by atoms with Crippen LogP contribution in [0.1, 0.15) is 380 Å². The zero-order valence-corrected chi connectivity index (χ0v) is 49.6. The largest absolute Gasteiger partial charge is 0.466 e. The first-order valence-corrected chi connectivity index (χ1v) is 33.4. The van der Waals surface area contributed by atoms with E-state index in [1.807, 2.05) is 0 Å². The lowest BCUT2D eigenvalue weighted by atomic mass is 10.0. The zero-order valence-electron chi connectivity index (χ0n) is 49.6. The van der Waals surface area contributed by atoms with Crippen molar-refractivity contribution in [1.29, 1.82) is 0 Å². The third-order valence-corrected chi connectivity index (χ3v) is 15.8. The van der Waals surface area contributed by atoms with Crippen LogP contribution in [0.4, 0.5) is 0 Å². The molecule has 6 nitrogen and oxygen atoms in total. The summed E-state index contributed by atoms with van der Waals surface area (Å²) in [6, 6.07) is -0.542. The summed E-state index contributed by atoms with van der Waals surface area (Å²) >= 11 is 0. The van der Waals surface area contributed by atoms with E-state index >= 15 is 0 Å². The van der Waals surface area contributed by atoms with Crippen molar-refractivity contribution in [2.24, 2.45) is 0 Å². The maximum Gasteiger partial charge on any atom is 0.305 e. The molecule has 0 aliphatic heterocycles. The van der Waals surface area contributed by atoms with Gasteiger partial charge in [-0.15, -0.1) is 0 Å². The van der Waals surface area contributed by atoms with E-state index in [2.05, 4.69) is 31.3 Å². The molecule has 0 aromatic rings. The van der Waals surface area contributed by atoms with Gasteiger partial charge in [0.15, 0.2) is 0 Å². The fraction of sp³-hybridized carbons (Fsp3) is 0.940. The molecule has 73 heavy (non-hydrogen) atoms. The van der Waals surface area contributed by atoms with E-state index in [-0.39, 0.29) is 18.5 Å². The number of amides is 1. The van der Waals surface area contributed by atoms with E-state index in [1.165, 1.54) is 308 Å². The number of unbranched alkanes of at least 4 members (excludes halogenated alkanes) is 50. The Morgan fingerprint density at radius 2 is 0.644 bits per heavy atom. The summed E-state index contributed by atoms with van der Waals surface area (Å²) in [5.41, 5.74) is 0. The van der Waals surface area contributed by atoms with E-state index in [0.29, 0.717) is 25.9 Å². The van der Waals surface area contributed by atoms with Gasteiger partial charge < -0.3 is 20.3 Å². The van der Waals surface area contributed by atoms with Gasteiger partial charge in [-0.25, -0.2) is 0 Å². The van der Waals surface area contributed by atoms with Crippen LogP contribution in [0.5, 0.6) is 0 Å². The summed E-state index contributed by atoms with van der Waals surface area (Å²) in [6.45, 7) is 4.99. The average Bonchev–Trinajstić information content (AvgIpc) is 3.39. The summed E-state index contributed by atoms with van der Waals surface area (Å²) in [7, 11) is 0. The van der Waals surface area contributed by atoms with E-state index in [1.54, 1.807) is 0 Å². The molecule has 0 rings (SSSR count). The van der Waals surface area contributed by atoms with Crippen molar-refractivity contribution in [2.45, 2.75) is 392 Å². The van der Waals surface area contributed by atoms with E-state index < -0.39 is 12.1 Å². The Morgan fingerprint density at radius 3 is 0.973 bits per heavy atom. The molecule has 434 valence electrons. The van der Waals surface area contributed by atoms with Crippen LogP contribution in [-0.4, -0.2) is 47.4 Å². The Hall–Kier alpha value is -1.40. The van der Waals surface area contributed by atoms with Gasteiger partial charge in [-0.3, -0.25) is 9.59 Å². The van der Waals surface area contributed by atoms with Crippen molar-refractivity contribution >= 4 is 11.9 Å². The quantitative estimate of drug-likeness (QED) is 0.0320. The van der Waals surface area contributed by atoms with Gasteiger partial charge in [-0.1, -0.05) is 328 Å². The fourth-order valence-corrected chi connectivity index (χ4v) is 10.7. The average molecular weight is 1030 g/mol. The molecule has 0 spiro atoms. The van der Waals surface area contributed by atoms with Crippen molar-refractivity contribution in [1.82, 2.24) is 5.32 Å². The number of hydrogen-bond donors (Lipinski definition) is 3. The van der Waals surface area contributed by atoms with Crippen molar-refractivity contribution < 1.29 is 24.5 Å².